The predicted molar refractivity (Wildman–Crippen MR) is 140 cm³/mol. The zero-order chi connectivity index (χ0) is 26.3. The van der Waals surface area contributed by atoms with Crippen LogP contribution in [0.1, 0.15) is 56.8 Å². The number of pyridine rings is 1. The van der Waals surface area contributed by atoms with E-state index in [4.69, 9.17) is 9.72 Å². The molecule has 1 saturated carbocycles. The van der Waals surface area contributed by atoms with Crippen LogP contribution in [0.4, 0.5) is 5.69 Å². The normalized spacial score (nSPS) is 19.7. The SMILES string of the molecule is CC(C)(C)C(=O)COC(=O)c1cc(-c2cccc(N3C(=O)[C@H]4CCCC[C@H]4C3=O)c2)nc2ccccc12. The number of amides is 2. The van der Waals surface area contributed by atoms with Gasteiger partial charge in [0.1, 0.15) is 0 Å². The Morgan fingerprint density at radius 2 is 1.62 bits per heavy atom. The van der Waals surface area contributed by atoms with Gasteiger partial charge in [-0.05, 0) is 37.1 Å². The van der Waals surface area contributed by atoms with E-state index in [9.17, 15) is 19.2 Å². The van der Waals surface area contributed by atoms with Gasteiger partial charge >= 0.3 is 5.97 Å². The van der Waals surface area contributed by atoms with E-state index in [1.807, 2.05) is 18.2 Å². The molecule has 0 unspecified atom stereocenters. The van der Waals surface area contributed by atoms with Crippen molar-refractivity contribution in [3.63, 3.8) is 0 Å². The third-order valence-corrected chi connectivity index (χ3v) is 7.35. The highest BCUT2D eigenvalue weighted by Gasteiger charge is 2.48. The van der Waals surface area contributed by atoms with Crippen LogP contribution in [-0.2, 0) is 19.1 Å². The van der Waals surface area contributed by atoms with Gasteiger partial charge in [0.2, 0.25) is 11.8 Å². The van der Waals surface area contributed by atoms with E-state index >= 15 is 0 Å². The molecule has 1 saturated heterocycles. The number of imide groups is 1. The summed E-state index contributed by atoms with van der Waals surface area (Å²) in [5, 5.41) is 0.615. The summed E-state index contributed by atoms with van der Waals surface area (Å²) in [6.07, 6.45) is 3.44. The number of hydrogen-bond acceptors (Lipinski definition) is 6. The number of nitrogens with zero attached hydrogens (tertiary/aromatic N) is 2. The fourth-order valence-corrected chi connectivity index (χ4v) is 5.14. The van der Waals surface area contributed by atoms with Crippen LogP contribution in [0, 0.1) is 17.3 Å². The summed E-state index contributed by atoms with van der Waals surface area (Å²) in [7, 11) is 0. The number of benzene rings is 2. The maximum Gasteiger partial charge on any atom is 0.339 e. The monoisotopic (exact) mass is 498 g/mol. The first kappa shape index (κ1) is 24.8. The van der Waals surface area contributed by atoms with Crippen LogP contribution in [0.15, 0.2) is 54.6 Å². The van der Waals surface area contributed by atoms with Gasteiger partial charge in [-0.1, -0.05) is 63.9 Å². The van der Waals surface area contributed by atoms with Crippen molar-refractivity contribution in [1.29, 1.82) is 0 Å². The molecular weight excluding hydrogens is 468 g/mol. The van der Waals surface area contributed by atoms with Crippen molar-refractivity contribution in [1.82, 2.24) is 4.98 Å². The van der Waals surface area contributed by atoms with Crippen LogP contribution in [0.25, 0.3) is 22.2 Å². The quantitative estimate of drug-likeness (QED) is 0.348. The number of ketones is 1. The van der Waals surface area contributed by atoms with E-state index in [1.54, 1.807) is 57.2 Å². The molecule has 7 nitrogen and oxygen atoms in total. The van der Waals surface area contributed by atoms with E-state index in [0.717, 1.165) is 25.7 Å². The van der Waals surface area contributed by atoms with Crippen LogP contribution >= 0.6 is 0 Å². The number of carbonyl (C=O) groups is 4. The summed E-state index contributed by atoms with van der Waals surface area (Å²) in [6, 6.07) is 16.0. The standard InChI is InChI=1S/C30H30N2O5/c1-30(2,3)26(33)17-37-29(36)23-16-25(31-24-14-7-6-11-20(23)24)18-9-8-10-19(15-18)32-27(34)21-12-4-5-13-22(21)28(32)35/h6-11,14-16,21-22H,4-5,12-13,17H2,1-3H3/t21-,22+. The molecule has 2 amide bonds. The van der Waals surface area contributed by atoms with Crippen LogP contribution in [0.3, 0.4) is 0 Å². The molecule has 5 rings (SSSR count). The minimum absolute atomic E-state index is 0.133. The van der Waals surface area contributed by atoms with Gasteiger partial charge in [0.05, 0.1) is 34.3 Å². The van der Waals surface area contributed by atoms with Crippen molar-refractivity contribution in [3.05, 3.63) is 60.2 Å². The molecule has 3 aromatic rings. The Balaban J connectivity index is 1.50. The maximum atomic E-state index is 13.1. The Hall–Kier alpha value is -3.87. The van der Waals surface area contributed by atoms with Gasteiger partial charge in [0.25, 0.3) is 0 Å². The number of Topliss-reactive ketones (excluding diaryl/α,β-unsaturated/α-hetero) is 1. The number of rotatable bonds is 5. The molecule has 1 aliphatic carbocycles. The molecule has 2 fully saturated rings. The molecule has 0 spiro atoms. The number of hydrogen-bond donors (Lipinski definition) is 0. The summed E-state index contributed by atoms with van der Waals surface area (Å²) in [4.78, 5) is 57.7. The smallest absolute Gasteiger partial charge is 0.339 e. The lowest BCUT2D eigenvalue weighted by Gasteiger charge is -2.19. The molecule has 1 aliphatic heterocycles. The second kappa shape index (κ2) is 9.54. The zero-order valence-corrected chi connectivity index (χ0v) is 21.3. The van der Waals surface area contributed by atoms with Gasteiger partial charge in [-0.3, -0.25) is 19.3 Å². The molecular formula is C30H30N2O5. The summed E-state index contributed by atoms with van der Waals surface area (Å²) < 4.78 is 5.39. The highest BCUT2D eigenvalue weighted by Crippen LogP contribution is 2.40. The Morgan fingerprint density at radius 3 is 2.30 bits per heavy atom. The molecule has 37 heavy (non-hydrogen) atoms. The Morgan fingerprint density at radius 1 is 0.946 bits per heavy atom. The van der Waals surface area contributed by atoms with Crippen LogP contribution < -0.4 is 4.90 Å². The average Bonchev–Trinajstić information content (AvgIpc) is 3.15. The molecule has 0 radical (unpaired) electrons. The van der Waals surface area contributed by atoms with Crippen molar-refractivity contribution in [3.8, 4) is 11.3 Å². The molecule has 2 atom stereocenters. The number of carbonyl (C=O) groups excluding carboxylic acids is 4. The van der Waals surface area contributed by atoms with Crippen molar-refractivity contribution < 1.29 is 23.9 Å². The third kappa shape index (κ3) is 4.66. The Kier molecular flexibility index (Phi) is 6.40. The minimum Gasteiger partial charge on any atom is -0.454 e. The first-order chi connectivity index (χ1) is 17.6. The van der Waals surface area contributed by atoms with Gasteiger partial charge in [-0.2, -0.15) is 0 Å². The largest absolute Gasteiger partial charge is 0.454 e. The number of esters is 1. The van der Waals surface area contributed by atoms with E-state index in [2.05, 4.69) is 0 Å². The van der Waals surface area contributed by atoms with E-state index < -0.39 is 11.4 Å². The van der Waals surface area contributed by atoms with Crippen molar-refractivity contribution in [2.75, 3.05) is 11.5 Å². The molecule has 0 N–H and O–H groups in total. The second-order valence-corrected chi connectivity index (χ2v) is 10.9. The topological polar surface area (TPSA) is 93.6 Å². The van der Waals surface area contributed by atoms with Crippen molar-refractivity contribution in [2.45, 2.75) is 46.5 Å². The molecule has 7 heteroatoms. The third-order valence-electron chi connectivity index (χ3n) is 7.35. The molecule has 2 aromatic carbocycles. The lowest BCUT2D eigenvalue weighted by molar-refractivity contribution is -0.129. The molecule has 2 aliphatic rings. The van der Waals surface area contributed by atoms with E-state index in [1.165, 1.54) is 4.90 Å². The first-order valence-electron chi connectivity index (χ1n) is 12.7. The van der Waals surface area contributed by atoms with Crippen LogP contribution in [0.2, 0.25) is 0 Å². The number of fused-ring (bicyclic) bond motifs is 2. The molecule has 2 heterocycles. The van der Waals surface area contributed by atoms with Crippen molar-refractivity contribution in [2.24, 2.45) is 17.3 Å². The van der Waals surface area contributed by atoms with Gasteiger partial charge in [0.15, 0.2) is 12.4 Å². The number of ether oxygens (including phenoxy) is 1. The van der Waals surface area contributed by atoms with Crippen molar-refractivity contribution >= 4 is 40.2 Å². The summed E-state index contributed by atoms with van der Waals surface area (Å²) in [5.41, 5.74) is 1.96. The summed E-state index contributed by atoms with van der Waals surface area (Å²) >= 11 is 0. The van der Waals surface area contributed by atoms with E-state index in [-0.39, 0.29) is 36.0 Å². The predicted octanol–water partition coefficient (Wildman–Crippen LogP) is 5.35. The molecule has 1 aromatic heterocycles. The van der Waals surface area contributed by atoms with Gasteiger partial charge in [-0.25, -0.2) is 9.78 Å². The van der Waals surface area contributed by atoms with Crippen LogP contribution in [0.5, 0.6) is 0 Å². The summed E-state index contributed by atoms with van der Waals surface area (Å²) in [6.45, 7) is 5.02. The second-order valence-electron chi connectivity index (χ2n) is 10.9. The zero-order valence-electron chi connectivity index (χ0n) is 21.3. The highest BCUT2D eigenvalue weighted by molar-refractivity contribution is 6.22. The number of anilines is 1. The number of para-hydroxylation sites is 1. The lowest BCUT2D eigenvalue weighted by Crippen LogP contribution is -2.30. The fraction of sp³-hybridized carbons (Fsp3) is 0.367. The highest BCUT2D eigenvalue weighted by atomic mass is 16.5. The minimum atomic E-state index is -0.617. The first-order valence-corrected chi connectivity index (χ1v) is 12.7. The summed E-state index contributed by atoms with van der Waals surface area (Å²) in [5.74, 6) is -1.52. The van der Waals surface area contributed by atoms with Gasteiger partial charge in [0, 0.05) is 16.4 Å². The van der Waals surface area contributed by atoms with E-state index in [0.29, 0.717) is 33.4 Å². The Labute approximate surface area is 215 Å². The van der Waals surface area contributed by atoms with Gasteiger partial charge in [-0.15, -0.1) is 0 Å². The molecule has 0 bridgehead atoms. The average molecular weight is 499 g/mol. The van der Waals surface area contributed by atoms with Crippen LogP contribution in [-0.4, -0.2) is 35.2 Å². The van der Waals surface area contributed by atoms with Gasteiger partial charge < -0.3 is 4.74 Å². The fourth-order valence-electron chi connectivity index (χ4n) is 5.14. The Bertz CT molecular complexity index is 1400. The lowest BCUT2D eigenvalue weighted by atomic mass is 9.81. The maximum absolute atomic E-state index is 13.1. The number of aromatic nitrogens is 1. The molecule has 190 valence electrons.